The van der Waals surface area contributed by atoms with Crippen LogP contribution in [0.15, 0.2) is 6.33 Å². The van der Waals surface area contributed by atoms with E-state index in [9.17, 15) is 18.0 Å². The number of hydrogen-bond acceptors (Lipinski definition) is 4. The normalized spacial score (nSPS) is 11.6. The van der Waals surface area contributed by atoms with Crippen LogP contribution in [0, 0.1) is 6.92 Å². The first-order chi connectivity index (χ1) is 9.39. The maximum absolute atomic E-state index is 12.5. The van der Waals surface area contributed by atoms with E-state index in [2.05, 4.69) is 25.6 Å². The van der Waals surface area contributed by atoms with E-state index in [0.29, 0.717) is 12.2 Å². The van der Waals surface area contributed by atoms with Crippen molar-refractivity contribution in [1.29, 1.82) is 0 Å². The molecular weight excluding hydrogens is 277 g/mol. The number of carbonyl (C=O) groups excluding carboxylic acids is 1. The number of aromatic nitrogens is 5. The van der Waals surface area contributed by atoms with Crippen molar-refractivity contribution in [2.75, 3.05) is 6.54 Å². The van der Waals surface area contributed by atoms with Gasteiger partial charge in [0.15, 0.2) is 5.69 Å². The Bertz CT molecular complexity index is 589. The van der Waals surface area contributed by atoms with Crippen LogP contribution in [0.4, 0.5) is 13.2 Å². The van der Waals surface area contributed by atoms with Gasteiger partial charge in [0.1, 0.15) is 17.8 Å². The number of carbonyl (C=O) groups is 1. The summed E-state index contributed by atoms with van der Waals surface area (Å²) in [7, 11) is 0. The minimum absolute atomic E-state index is 0.210. The molecule has 0 aromatic carbocycles. The Morgan fingerprint density at radius 3 is 2.70 bits per heavy atom. The van der Waals surface area contributed by atoms with Gasteiger partial charge in [-0.3, -0.25) is 15.0 Å². The third-order valence-electron chi connectivity index (χ3n) is 2.62. The predicted octanol–water partition coefficient (Wildman–Crippen LogP) is 0.828. The fourth-order valence-electron chi connectivity index (χ4n) is 1.62. The molecule has 0 saturated carbocycles. The van der Waals surface area contributed by atoms with Crippen LogP contribution in [0.3, 0.4) is 0 Å². The molecular formula is C10H11F3N6O. The van der Waals surface area contributed by atoms with Gasteiger partial charge in [0.25, 0.3) is 5.91 Å². The monoisotopic (exact) mass is 288 g/mol. The molecule has 0 aliphatic carbocycles. The molecule has 2 heterocycles. The molecule has 7 nitrogen and oxygen atoms in total. The van der Waals surface area contributed by atoms with Crippen molar-refractivity contribution in [2.24, 2.45) is 0 Å². The number of hydrogen-bond donors (Lipinski definition) is 3. The zero-order chi connectivity index (χ0) is 14.8. The fourth-order valence-corrected chi connectivity index (χ4v) is 1.62. The molecule has 2 aromatic heterocycles. The zero-order valence-electron chi connectivity index (χ0n) is 10.4. The maximum atomic E-state index is 12.5. The molecule has 20 heavy (non-hydrogen) atoms. The standard InChI is InChI=1S/C10H11F3N6O/c1-5-7(18-19-8(5)10(11,12)13)9(20)14-3-2-6-15-4-16-17-6/h4H,2-3H2,1H3,(H,14,20)(H,18,19)(H,15,16,17). The molecule has 2 aromatic rings. The predicted molar refractivity (Wildman–Crippen MR) is 60.7 cm³/mol. The summed E-state index contributed by atoms with van der Waals surface area (Å²) in [6.07, 6.45) is -2.85. The number of amides is 1. The van der Waals surface area contributed by atoms with E-state index in [1.807, 2.05) is 5.10 Å². The van der Waals surface area contributed by atoms with Crippen LogP contribution in [0.1, 0.15) is 27.6 Å². The first-order valence-corrected chi connectivity index (χ1v) is 5.64. The number of rotatable bonds is 4. The Hall–Kier alpha value is -2.39. The van der Waals surface area contributed by atoms with Gasteiger partial charge < -0.3 is 5.32 Å². The maximum Gasteiger partial charge on any atom is 0.433 e. The van der Waals surface area contributed by atoms with Gasteiger partial charge in [0.2, 0.25) is 0 Å². The number of aromatic amines is 2. The van der Waals surface area contributed by atoms with Crippen molar-refractivity contribution in [3.63, 3.8) is 0 Å². The van der Waals surface area contributed by atoms with Crippen LogP contribution < -0.4 is 5.32 Å². The molecule has 0 bridgehead atoms. The van der Waals surface area contributed by atoms with Crippen molar-refractivity contribution in [3.05, 3.63) is 29.1 Å². The van der Waals surface area contributed by atoms with E-state index in [4.69, 9.17) is 0 Å². The highest BCUT2D eigenvalue weighted by atomic mass is 19.4. The summed E-state index contributed by atoms with van der Waals surface area (Å²) in [6, 6.07) is 0. The lowest BCUT2D eigenvalue weighted by Gasteiger charge is -2.05. The summed E-state index contributed by atoms with van der Waals surface area (Å²) in [5, 5.41) is 13.9. The minimum atomic E-state index is -4.56. The molecule has 1 amide bonds. The van der Waals surface area contributed by atoms with Crippen LogP contribution in [-0.4, -0.2) is 37.8 Å². The summed E-state index contributed by atoms with van der Waals surface area (Å²) >= 11 is 0. The van der Waals surface area contributed by atoms with E-state index < -0.39 is 17.8 Å². The second-order valence-corrected chi connectivity index (χ2v) is 4.01. The van der Waals surface area contributed by atoms with Crippen LogP contribution >= 0.6 is 0 Å². The van der Waals surface area contributed by atoms with Gasteiger partial charge in [-0.2, -0.15) is 23.4 Å². The molecule has 2 rings (SSSR count). The summed E-state index contributed by atoms with van der Waals surface area (Å²) in [5.74, 6) is -0.103. The largest absolute Gasteiger partial charge is 0.433 e. The average molecular weight is 288 g/mol. The van der Waals surface area contributed by atoms with Gasteiger partial charge in [-0.15, -0.1) is 0 Å². The quantitative estimate of drug-likeness (QED) is 0.775. The van der Waals surface area contributed by atoms with E-state index in [1.165, 1.54) is 13.3 Å². The Morgan fingerprint density at radius 2 is 2.15 bits per heavy atom. The van der Waals surface area contributed by atoms with Gasteiger partial charge in [-0.05, 0) is 6.92 Å². The Balaban J connectivity index is 1.98. The van der Waals surface area contributed by atoms with Crippen LogP contribution in [0.5, 0.6) is 0 Å². The second kappa shape index (κ2) is 5.31. The summed E-state index contributed by atoms with van der Waals surface area (Å²) in [5.41, 5.74) is -1.51. The number of nitrogens with zero attached hydrogens (tertiary/aromatic N) is 3. The van der Waals surface area contributed by atoms with Crippen molar-refractivity contribution in [3.8, 4) is 0 Å². The molecule has 108 valence electrons. The lowest BCUT2D eigenvalue weighted by atomic mass is 10.2. The Kier molecular flexibility index (Phi) is 3.72. The summed E-state index contributed by atoms with van der Waals surface area (Å²) in [4.78, 5) is 15.6. The fraction of sp³-hybridized carbons (Fsp3) is 0.400. The average Bonchev–Trinajstić information content (AvgIpc) is 2.97. The molecule has 3 N–H and O–H groups in total. The second-order valence-electron chi connectivity index (χ2n) is 4.01. The SMILES string of the molecule is Cc1c(C(=O)NCCc2ncn[nH]2)n[nH]c1C(F)(F)F. The molecule has 0 saturated heterocycles. The molecule has 0 atom stereocenters. The first kappa shape index (κ1) is 14.0. The van der Waals surface area contributed by atoms with E-state index in [-0.39, 0.29) is 17.8 Å². The lowest BCUT2D eigenvalue weighted by molar-refractivity contribution is -0.141. The summed E-state index contributed by atoms with van der Waals surface area (Å²) in [6.45, 7) is 1.40. The highest BCUT2D eigenvalue weighted by molar-refractivity contribution is 5.93. The van der Waals surface area contributed by atoms with Crippen molar-refractivity contribution >= 4 is 5.91 Å². The Morgan fingerprint density at radius 1 is 1.40 bits per heavy atom. The molecule has 10 heteroatoms. The number of halogens is 3. The lowest BCUT2D eigenvalue weighted by Crippen LogP contribution is -2.27. The number of alkyl halides is 3. The van der Waals surface area contributed by atoms with Crippen LogP contribution in [0.25, 0.3) is 0 Å². The summed E-state index contributed by atoms with van der Waals surface area (Å²) < 4.78 is 37.6. The minimum Gasteiger partial charge on any atom is -0.350 e. The molecule has 0 aliphatic heterocycles. The highest BCUT2D eigenvalue weighted by Crippen LogP contribution is 2.30. The molecule has 0 spiro atoms. The van der Waals surface area contributed by atoms with Gasteiger partial charge in [-0.25, -0.2) is 4.98 Å². The van der Waals surface area contributed by atoms with Crippen LogP contribution in [-0.2, 0) is 12.6 Å². The van der Waals surface area contributed by atoms with Crippen molar-refractivity contribution < 1.29 is 18.0 Å². The van der Waals surface area contributed by atoms with Crippen LogP contribution in [0.2, 0.25) is 0 Å². The smallest absolute Gasteiger partial charge is 0.350 e. The first-order valence-electron chi connectivity index (χ1n) is 5.64. The van der Waals surface area contributed by atoms with Crippen molar-refractivity contribution in [1.82, 2.24) is 30.7 Å². The highest BCUT2D eigenvalue weighted by Gasteiger charge is 2.36. The van der Waals surface area contributed by atoms with Gasteiger partial charge in [0.05, 0.1) is 0 Å². The third kappa shape index (κ3) is 2.95. The number of nitrogens with one attached hydrogen (secondary N) is 3. The zero-order valence-corrected chi connectivity index (χ0v) is 10.4. The van der Waals surface area contributed by atoms with Gasteiger partial charge >= 0.3 is 6.18 Å². The molecule has 0 radical (unpaired) electrons. The topological polar surface area (TPSA) is 99.3 Å². The van der Waals surface area contributed by atoms with Crippen molar-refractivity contribution in [2.45, 2.75) is 19.5 Å². The van der Waals surface area contributed by atoms with E-state index in [1.54, 1.807) is 0 Å². The van der Waals surface area contributed by atoms with E-state index >= 15 is 0 Å². The molecule has 0 aliphatic rings. The van der Waals surface area contributed by atoms with E-state index in [0.717, 1.165) is 0 Å². The van der Waals surface area contributed by atoms with Gasteiger partial charge in [0, 0.05) is 18.5 Å². The molecule has 0 unspecified atom stereocenters. The third-order valence-corrected chi connectivity index (χ3v) is 2.62. The number of H-pyrrole nitrogens is 2. The molecule has 0 fully saturated rings. The Labute approximate surface area is 111 Å². The van der Waals surface area contributed by atoms with Gasteiger partial charge in [-0.1, -0.05) is 0 Å².